The fourth-order valence-electron chi connectivity index (χ4n) is 2.56. The van der Waals surface area contributed by atoms with Gasteiger partial charge < -0.3 is 9.84 Å². The highest BCUT2D eigenvalue weighted by molar-refractivity contribution is 5.75. The molecular formula is C15H22N2O3. The molecule has 1 aromatic rings. The first-order chi connectivity index (χ1) is 9.59. The van der Waals surface area contributed by atoms with Gasteiger partial charge >= 0.3 is 5.97 Å². The molecule has 0 aromatic carbocycles. The molecule has 2 rings (SSSR count). The number of nitrogens with zero attached hydrogens (tertiary/aromatic N) is 2. The van der Waals surface area contributed by atoms with Crippen LogP contribution in [0.4, 0.5) is 0 Å². The van der Waals surface area contributed by atoms with E-state index < -0.39 is 12.0 Å². The zero-order valence-electron chi connectivity index (χ0n) is 12.0. The summed E-state index contributed by atoms with van der Waals surface area (Å²) < 4.78 is 5.81. The number of hydrogen-bond acceptors (Lipinski definition) is 4. The molecule has 1 N–H and O–H groups in total. The first-order valence-electron chi connectivity index (χ1n) is 7.08. The molecule has 1 fully saturated rings. The van der Waals surface area contributed by atoms with E-state index in [1.165, 1.54) is 0 Å². The number of carboxylic acids is 1. The van der Waals surface area contributed by atoms with Gasteiger partial charge in [0.15, 0.2) is 0 Å². The van der Waals surface area contributed by atoms with Crippen LogP contribution in [0.15, 0.2) is 24.5 Å². The van der Waals surface area contributed by atoms with Crippen molar-refractivity contribution in [1.29, 1.82) is 0 Å². The van der Waals surface area contributed by atoms with Crippen LogP contribution < -0.4 is 0 Å². The highest BCUT2D eigenvalue weighted by Crippen LogP contribution is 2.24. The van der Waals surface area contributed by atoms with Crippen LogP contribution in [-0.2, 0) is 9.53 Å². The molecule has 1 aromatic heterocycles. The molecule has 110 valence electrons. The number of carbonyl (C=O) groups is 1. The maximum Gasteiger partial charge on any atom is 0.325 e. The van der Waals surface area contributed by atoms with Gasteiger partial charge in [0, 0.05) is 32.1 Å². The van der Waals surface area contributed by atoms with Gasteiger partial charge in [0.05, 0.1) is 6.10 Å². The minimum absolute atomic E-state index is 0.0796. The van der Waals surface area contributed by atoms with Crippen molar-refractivity contribution in [3.05, 3.63) is 30.1 Å². The lowest BCUT2D eigenvalue weighted by Crippen LogP contribution is -2.40. The fourth-order valence-corrected chi connectivity index (χ4v) is 2.56. The molecule has 1 aliphatic rings. The zero-order chi connectivity index (χ0) is 14.5. The molecule has 0 amide bonds. The van der Waals surface area contributed by atoms with Gasteiger partial charge in [-0.2, -0.15) is 0 Å². The minimum atomic E-state index is -0.831. The van der Waals surface area contributed by atoms with E-state index in [0.717, 1.165) is 18.5 Å². The molecule has 0 radical (unpaired) electrons. The van der Waals surface area contributed by atoms with Crippen LogP contribution in [0.3, 0.4) is 0 Å². The maximum absolute atomic E-state index is 11.7. The molecule has 5 nitrogen and oxygen atoms in total. The van der Waals surface area contributed by atoms with Crippen LogP contribution >= 0.6 is 0 Å². The van der Waals surface area contributed by atoms with Crippen molar-refractivity contribution in [2.24, 2.45) is 5.92 Å². The van der Waals surface area contributed by atoms with Gasteiger partial charge in [0.1, 0.15) is 6.04 Å². The Morgan fingerprint density at radius 2 is 2.35 bits per heavy atom. The minimum Gasteiger partial charge on any atom is -0.480 e. The van der Waals surface area contributed by atoms with Gasteiger partial charge in [0.2, 0.25) is 0 Å². The van der Waals surface area contributed by atoms with E-state index in [0.29, 0.717) is 19.1 Å². The third-order valence-corrected chi connectivity index (χ3v) is 3.68. The summed E-state index contributed by atoms with van der Waals surface area (Å²) in [5.74, 6) is -0.457. The Bertz CT molecular complexity index is 436. The van der Waals surface area contributed by atoms with Crippen molar-refractivity contribution < 1.29 is 14.6 Å². The molecule has 2 unspecified atom stereocenters. The standard InChI is InChI=1S/C15H22N2O3/c1-11(2)13-10-17(7-4-8-20-13)14(15(18)19)12-5-3-6-16-9-12/h3,5-6,9,11,13-14H,4,7-8,10H2,1-2H3,(H,18,19). The second-order valence-electron chi connectivity index (χ2n) is 5.53. The highest BCUT2D eigenvalue weighted by atomic mass is 16.5. The Labute approximate surface area is 119 Å². The summed E-state index contributed by atoms with van der Waals surface area (Å²) in [5.41, 5.74) is 0.726. The van der Waals surface area contributed by atoms with Crippen LogP contribution in [0.2, 0.25) is 0 Å². The fraction of sp³-hybridized carbons (Fsp3) is 0.600. The van der Waals surface area contributed by atoms with E-state index in [-0.39, 0.29) is 6.10 Å². The quantitative estimate of drug-likeness (QED) is 0.912. The van der Waals surface area contributed by atoms with Crippen LogP contribution in [0.5, 0.6) is 0 Å². The molecule has 0 bridgehead atoms. The Hall–Kier alpha value is -1.46. The van der Waals surface area contributed by atoms with E-state index in [1.54, 1.807) is 18.5 Å². The molecule has 1 aliphatic heterocycles. The summed E-state index contributed by atoms with van der Waals surface area (Å²) in [6.07, 6.45) is 4.23. The molecule has 0 spiro atoms. The van der Waals surface area contributed by atoms with Crippen LogP contribution in [0, 0.1) is 5.92 Å². The lowest BCUT2D eigenvalue weighted by Gasteiger charge is -2.30. The molecular weight excluding hydrogens is 256 g/mol. The van der Waals surface area contributed by atoms with E-state index in [4.69, 9.17) is 4.74 Å². The number of pyridine rings is 1. The third kappa shape index (κ3) is 3.55. The Balaban J connectivity index is 2.22. The lowest BCUT2D eigenvalue weighted by molar-refractivity contribution is -0.144. The number of ether oxygens (including phenoxy) is 1. The largest absolute Gasteiger partial charge is 0.480 e. The van der Waals surface area contributed by atoms with Gasteiger partial charge in [-0.1, -0.05) is 19.9 Å². The predicted molar refractivity (Wildman–Crippen MR) is 75.4 cm³/mol. The van der Waals surface area contributed by atoms with Gasteiger partial charge in [-0.25, -0.2) is 0 Å². The molecule has 2 atom stereocenters. The lowest BCUT2D eigenvalue weighted by atomic mass is 10.0. The Kier molecular flexibility index (Phi) is 5.09. The van der Waals surface area contributed by atoms with Gasteiger partial charge in [-0.05, 0) is 24.0 Å². The highest BCUT2D eigenvalue weighted by Gasteiger charge is 2.31. The second kappa shape index (κ2) is 6.81. The van der Waals surface area contributed by atoms with E-state index in [9.17, 15) is 9.90 Å². The number of hydrogen-bond donors (Lipinski definition) is 1. The van der Waals surface area contributed by atoms with Crippen molar-refractivity contribution in [2.45, 2.75) is 32.4 Å². The summed E-state index contributed by atoms with van der Waals surface area (Å²) in [5, 5.41) is 9.59. The van der Waals surface area contributed by atoms with Crippen molar-refractivity contribution >= 4 is 5.97 Å². The second-order valence-corrected chi connectivity index (χ2v) is 5.53. The van der Waals surface area contributed by atoms with E-state index in [2.05, 4.69) is 18.8 Å². The first-order valence-corrected chi connectivity index (χ1v) is 7.08. The molecule has 2 heterocycles. The molecule has 1 saturated heterocycles. The van der Waals surface area contributed by atoms with Crippen molar-refractivity contribution in [2.75, 3.05) is 19.7 Å². The molecule has 0 aliphatic carbocycles. The van der Waals surface area contributed by atoms with E-state index >= 15 is 0 Å². The van der Waals surface area contributed by atoms with Gasteiger partial charge in [0.25, 0.3) is 0 Å². The number of aliphatic carboxylic acids is 1. The Morgan fingerprint density at radius 1 is 1.55 bits per heavy atom. The number of aromatic nitrogens is 1. The summed E-state index contributed by atoms with van der Waals surface area (Å²) in [6.45, 7) is 6.28. The topological polar surface area (TPSA) is 62.7 Å². The van der Waals surface area contributed by atoms with Crippen LogP contribution in [0.1, 0.15) is 31.9 Å². The smallest absolute Gasteiger partial charge is 0.325 e. The van der Waals surface area contributed by atoms with Crippen molar-refractivity contribution in [3.8, 4) is 0 Å². The third-order valence-electron chi connectivity index (χ3n) is 3.68. The van der Waals surface area contributed by atoms with E-state index in [1.807, 2.05) is 11.0 Å². The zero-order valence-corrected chi connectivity index (χ0v) is 12.0. The average Bonchev–Trinajstić information content (AvgIpc) is 2.66. The summed E-state index contributed by atoms with van der Waals surface area (Å²) in [7, 11) is 0. The summed E-state index contributed by atoms with van der Waals surface area (Å²) in [6, 6.07) is 2.95. The first kappa shape index (κ1) is 14.9. The maximum atomic E-state index is 11.7. The summed E-state index contributed by atoms with van der Waals surface area (Å²) >= 11 is 0. The van der Waals surface area contributed by atoms with Crippen LogP contribution in [0.25, 0.3) is 0 Å². The van der Waals surface area contributed by atoms with Gasteiger partial charge in [-0.3, -0.25) is 14.7 Å². The molecule has 5 heteroatoms. The SMILES string of the molecule is CC(C)C1CN(C(C(=O)O)c2cccnc2)CCCO1. The molecule has 0 saturated carbocycles. The molecule has 20 heavy (non-hydrogen) atoms. The monoisotopic (exact) mass is 278 g/mol. The normalized spacial score (nSPS) is 22.4. The Morgan fingerprint density at radius 3 is 2.95 bits per heavy atom. The van der Waals surface area contributed by atoms with Crippen LogP contribution in [-0.4, -0.2) is 46.8 Å². The predicted octanol–water partition coefficient (Wildman–Crippen LogP) is 1.95. The van der Waals surface area contributed by atoms with Crippen molar-refractivity contribution in [3.63, 3.8) is 0 Å². The average molecular weight is 278 g/mol. The van der Waals surface area contributed by atoms with Crippen molar-refractivity contribution in [1.82, 2.24) is 9.88 Å². The summed E-state index contributed by atoms with van der Waals surface area (Å²) in [4.78, 5) is 17.7. The van der Waals surface area contributed by atoms with Gasteiger partial charge in [-0.15, -0.1) is 0 Å². The number of carboxylic acid groups (broad SMARTS) is 1. The number of rotatable bonds is 4.